The van der Waals surface area contributed by atoms with Gasteiger partial charge in [0.15, 0.2) is 0 Å². The minimum atomic E-state index is 0.000481. The molecule has 1 aromatic carbocycles. The van der Waals surface area contributed by atoms with Crippen LogP contribution in [-0.4, -0.2) is 15.6 Å². The van der Waals surface area contributed by atoms with E-state index < -0.39 is 0 Å². The summed E-state index contributed by atoms with van der Waals surface area (Å²) in [5, 5.41) is 6.12. The van der Waals surface area contributed by atoms with Crippen molar-refractivity contribution in [2.75, 3.05) is 0 Å². The predicted octanol–water partition coefficient (Wildman–Crippen LogP) is 3.77. The fourth-order valence-electron chi connectivity index (χ4n) is 1.83. The summed E-state index contributed by atoms with van der Waals surface area (Å²) in [6.45, 7) is 0. The van der Waals surface area contributed by atoms with Gasteiger partial charge in [-0.25, -0.2) is 4.68 Å². The van der Waals surface area contributed by atoms with Gasteiger partial charge in [-0.05, 0) is 46.9 Å². The molecule has 3 aromatic rings. The largest absolute Gasteiger partial charge is 0.287 e. The lowest BCUT2D eigenvalue weighted by Gasteiger charge is -2.05. The molecule has 0 radical (unpaired) electrons. The van der Waals surface area contributed by atoms with Gasteiger partial charge in [-0.2, -0.15) is 5.10 Å². The number of rotatable bonds is 3. The van der Waals surface area contributed by atoms with Gasteiger partial charge in [0.1, 0.15) is 5.69 Å². The van der Waals surface area contributed by atoms with E-state index in [9.17, 15) is 4.79 Å². The van der Waals surface area contributed by atoms with Crippen molar-refractivity contribution in [2.45, 2.75) is 0 Å². The Hall–Kier alpha value is -1.47. The standard InChI is InChI=1S/C14H9IN2OS/c15-13-8-10(9-19-13)14(18)12-6-7-16-17(12)11-4-2-1-3-5-11/h1-9H. The van der Waals surface area contributed by atoms with Gasteiger partial charge >= 0.3 is 0 Å². The van der Waals surface area contributed by atoms with Gasteiger partial charge in [0, 0.05) is 10.9 Å². The first kappa shape index (κ1) is 12.6. The van der Waals surface area contributed by atoms with Gasteiger partial charge in [0.25, 0.3) is 0 Å². The summed E-state index contributed by atoms with van der Waals surface area (Å²) < 4.78 is 2.78. The molecule has 0 atom stereocenters. The highest BCUT2D eigenvalue weighted by molar-refractivity contribution is 14.1. The fourth-order valence-corrected chi connectivity index (χ4v) is 3.15. The van der Waals surface area contributed by atoms with Crippen molar-refractivity contribution in [3.8, 4) is 5.69 Å². The molecule has 0 fully saturated rings. The predicted molar refractivity (Wildman–Crippen MR) is 84.0 cm³/mol. The van der Waals surface area contributed by atoms with Crippen LogP contribution in [0.5, 0.6) is 0 Å². The molecule has 2 heterocycles. The van der Waals surface area contributed by atoms with Gasteiger partial charge in [-0.1, -0.05) is 18.2 Å². The third-order valence-corrected chi connectivity index (χ3v) is 4.49. The van der Waals surface area contributed by atoms with Crippen LogP contribution in [0.2, 0.25) is 0 Å². The number of thiophene rings is 1. The number of ketones is 1. The highest BCUT2D eigenvalue weighted by atomic mass is 127. The summed E-state index contributed by atoms with van der Waals surface area (Å²) >= 11 is 3.78. The Balaban J connectivity index is 2.03. The third-order valence-electron chi connectivity index (χ3n) is 2.71. The summed E-state index contributed by atoms with van der Waals surface area (Å²) in [4.78, 5) is 12.5. The number of carbonyl (C=O) groups excluding carboxylic acids is 1. The molecule has 94 valence electrons. The van der Waals surface area contributed by atoms with E-state index in [1.807, 2.05) is 41.8 Å². The van der Waals surface area contributed by atoms with Crippen LogP contribution in [0.25, 0.3) is 5.69 Å². The first-order valence-corrected chi connectivity index (χ1v) is 7.60. The molecule has 0 saturated carbocycles. The molecular weight excluding hydrogens is 371 g/mol. The van der Waals surface area contributed by atoms with Crippen LogP contribution in [0.4, 0.5) is 0 Å². The van der Waals surface area contributed by atoms with Gasteiger partial charge in [-0.15, -0.1) is 11.3 Å². The third kappa shape index (κ3) is 2.48. The Bertz CT molecular complexity index is 718. The van der Waals surface area contributed by atoms with Crippen LogP contribution >= 0.6 is 33.9 Å². The Labute approximate surface area is 128 Å². The summed E-state index contributed by atoms with van der Waals surface area (Å²) in [7, 11) is 0. The zero-order chi connectivity index (χ0) is 13.2. The first-order valence-electron chi connectivity index (χ1n) is 5.64. The van der Waals surface area contributed by atoms with Crippen LogP contribution in [0, 0.1) is 2.88 Å². The molecule has 0 amide bonds. The highest BCUT2D eigenvalue weighted by Crippen LogP contribution is 2.20. The Morgan fingerprint density at radius 2 is 2.00 bits per heavy atom. The number of para-hydroxylation sites is 1. The second kappa shape index (κ2) is 5.26. The molecule has 5 heteroatoms. The Morgan fingerprint density at radius 1 is 1.21 bits per heavy atom. The first-order chi connectivity index (χ1) is 9.25. The van der Waals surface area contributed by atoms with Crippen LogP contribution < -0.4 is 0 Å². The number of aromatic nitrogens is 2. The maximum atomic E-state index is 12.5. The van der Waals surface area contributed by atoms with Crippen LogP contribution in [0.15, 0.2) is 54.0 Å². The van der Waals surface area contributed by atoms with E-state index in [1.54, 1.807) is 28.3 Å². The lowest BCUT2D eigenvalue weighted by atomic mass is 10.1. The van der Waals surface area contributed by atoms with Gasteiger partial charge < -0.3 is 0 Å². The van der Waals surface area contributed by atoms with E-state index in [0.29, 0.717) is 11.3 Å². The molecule has 0 aliphatic carbocycles. The molecule has 0 aliphatic heterocycles. The fraction of sp³-hybridized carbons (Fsp3) is 0. The van der Waals surface area contributed by atoms with Crippen molar-refractivity contribution in [1.82, 2.24) is 9.78 Å². The molecule has 2 aromatic heterocycles. The summed E-state index contributed by atoms with van der Waals surface area (Å²) in [6, 6.07) is 13.3. The second-order valence-electron chi connectivity index (χ2n) is 3.93. The SMILES string of the molecule is O=C(c1csc(I)c1)c1ccnn1-c1ccccc1. The van der Waals surface area contributed by atoms with Crippen molar-refractivity contribution >= 4 is 39.7 Å². The van der Waals surface area contributed by atoms with Crippen LogP contribution in [-0.2, 0) is 0 Å². The zero-order valence-corrected chi connectivity index (χ0v) is 12.8. The summed E-state index contributed by atoms with van der Waals surface area (Å²) in [6.07, 6.45) is 1.65. The Morgan fingerprint density at radius 3 is 2.68 bits per heavy atom. The maximum absolute atomic E-state index is 12.5. The van der Waals surface area contributed by atoms with Crippen molar-refractivity contribution in [1.29, 1.82) is 0 Å². The van der Waals surface area contributed by atoms with E-state index in [-0.39, 0.29) is 5.78 Å². The lowest BCUT2D eigenvalue weighted by molar-refractivity contribution is 0.103. The average molecular weight is 380 g/mol. The number of halogens is 1. The Kier molecular flexibility index (Phi) is 3.48. The number of nitrogens with zero attached hydrogens (tertiary/aromatic N) is 2. The molecule has 0 spiro atoms. The zero-order valence-electron chi connectivity index (χ0n) is 9.79. The quantitative estimate of drug-likeness (QED) is 0.512. The van der Waals surface area contributed by atoms with Gasteiger partial charge in [0.2, 0.25) is 5.78 Å². The van der Waals surface area contributed by atoms with Crippen LogP contribution in [0.1, 0.15) is 16.1 Å². The van der Waals surface area contributed by atoms with E-state index in [2.05, 4.69) is 27.7 Å². The molecule has 19 heavy (non-hydrogen) atoms. The topological polar surface area (TPSA) is 34.9 Å². The van der Waals surface area contributed by atoms with E-state index in [0.717, 1.165) is 8.57 Å². The number of carbonyl (C=O) groups is 1. The van der Waals surface area contributed by atoms with Crippen molar-refractivity contribution in [2.24, 2.45) is 0 Å². The number of benzene rings is 1. The molecule has 0 saturated heterocycles. The van der Waals surface area contributed by atoms with E-state index in [4.69, 9.17) is 0 Å². The van der Waals surface area contributed by atoms with Crippen molar-refractivity contribution in [3.05, 3.63) is 68.2 Å². The lowest BCUT2D eigenvalue weighted by Crippen LogP contribution is -2.09. The van der Waals surface area contributed by atoms with Crippen LogP contribution in [0.3, 0.4) is 0 Å². The minimum absolute atomic E-state index is 0.000481. The summed E-state index contributed by atoms with van der Waals surface area (Å²) in [5.41, 5.74) is 2.19. The smallest absolute Gasteiger partial charge is 0.212 e. The number of hydrogen-bond donors (Lipinski definition) is 0. The summed E-state index contributed by atoms with van der Waals surface area (Å²) in [5.74, 6) is 0.000481. The molecule has 0 unspecified atom stereocenters. The molecule has 0 aliphatic rings. The van der Waals surface area contributed by atoms with Crippen molar-refractivity contribution < 1.29 is 4.79 Å². The molecule has 0 bridgehead atoms. The van der Waals surface area contributed by atoms with Crippen molar-refractivity contribution in [3.63, 3.8) is 0 Å². The number of hydrogen-bond acceptors (Lipinski definition) is 3. The maximum Gasteiger partial charge on any atom is 0.212 e. The molecule has 3 nitrogen and oxygen atoms in total. The minimum Gasteiger partial charge on any atom is -0.287 e. The average Bonchev–Trinajstić information content (AvgIpc) is 3.07. The van der Waals surface area contributed by atoms with E-state index in [1.165, 1.54) is 0 Å². The van der Waals surface area contributed by atoms with E-state index >= 15 is 0 Å². The van der Waals surface area contributed by atoms with Gasteiger partial charge in [0.05, 0.1) is 14.8 Å². The second-order valence-corrected chi connectivity index (χ2v) is 6.74. The monoisotopic (exact) mass is 380 g/mol. The molecule has 3 rings (SSSR count). The normalized spacial score (nSPS) is 10.6. The molecule has 0 N–H and O–H groups in total. The highest BCUT2D eigenvalue weighted by Gasteiger charge is 2.16. The molecular formula is C14H9IN2OS. The van der Waals surface area contributed by atoms with Gasteiger partial charge in [-0.3, -0.25) is 4.79 Å².